The van der Waals surface area contributed by atoms with Crippen molar-refractivity contribution >= 4 is 39.9 Å². The maximum Gasteiger partial charge on any atom is 0.165 e. The number of fused-ring (bicyclic) bond motifs is 1. The van der Waals surface area contributed by atoms with E-state index in [-0.39, 0.29) is 0 Å². The number of hydrogen-bond acceptors (Lipinski definition) is 7. The summed E-state index contributed by atoms with van der Waals surface area (Å²) in [5, 5.41) is 4.75. The van der Waals surface area contributed by atoms with Gasteiger partial charge in [0.15, 0.2) is 11.5 Å². The number of aromatic nitrogens is 4. The van der Waals surface area contributed by atoms with Gasteiger partial charge in [0.2, 0.25) is 0 Å². The van der Waals surface area contributed by atoms with Crippen LogP contribution in [0, 0.1) is 5.92 Å². The molecule has 0 spiro atoms. The first-order valence-electron chi connectivity index (χ1n) is 10.8. The minimum atomic E-state index is 0.303. The molecule has 33 heavy (non-hydrogen) atoms. The Morgan fingerprint density at radius 2 is 1.85 bits per heavy atom. The second-order valence-corrected chi connectivity index (χ2v) is 8.67. The molecule has 0 saturated heterocycles. The van der Waals surface area contributed by atoms with E-state index in [2.05, 4.69) is 46.3 Å². The van der Waals surface area contributed by atoms with Crippen molar-refractivity contribution in [1.29, 1.82) is 0 Å². The third-order valence-electron chi connectivity index (χ3n) is 5.09. The van der Waals surface area contributed by atoms with Gasteiger partial charge < -0.3 is 10.1 Å². The summed E-state index contributed by atoms with van der Waals surface area (Å²) in [6.07, 6.45) is 1.70. The highest BCUT2D eigenvalue weighted by Crippen LogP contribution is 2.29. The Balaban J connectivity index is 1.52. The van der Waals surface area contributed by atoms with E-state index in [1.807, 2.05) is 24.3 Å². The summed E-state index contributed by atoms with van der Waals surface area (Å²) in [5.74, 6) is 1.66. The van der Waals surface area contributed by atoms with Crippen LogP contribution in [-0.2, 0) is 11.3 Å². The van der Waals surface area contributed by atoms with Crippen LogP contribution in [0.3, 0.4) is 0 Å². The van der Waals surface area contributed by atoms with Crippen molar-refractivity contribution in [1.82, 2.24) is 19.9 Å². The minimum absolute atomic E-state index is 0.303. The molecule has 0 atom stereocenters. The van der Waals surface area contributed by atoms with Crippen LogP contribution in [0.1, 0.15) is 25.2 Å². The van der Waals surface area contributed by atoms with E-state index < -0.39 is 0 Å². The molecule has 5 rings (SSSR count). The number of pyridine rings is 2. The fraction of sp³-hybridized carbons (Fsp3) is 0.240. The van der Waals surface area contributed by atoms with Crippen molar-refractivity contribution in [3.63, 3.8) is 0 Å². The number of hydrogen-bond donors (Lipinski definition) is 1. The molecule has 0 amide bonds. The maximum absolute atomic E-state index is 6.34. The predicted octanol–water partition coefficient (Wildman–Crippen LogP) is 5.46. The van der Waals surface area contributed by atoms with Gasteiger partial charge in [-0.3, -0.25) is 9.98 Å². The number of anilines is 2. The van der Waals surface area contributed by atoms with E-state index in [4.69, 9.17) is 26.3 Å². The van der Waals surface area contributed by atoms with Crippen LogP contribution in [0.4, 0.5) is 11.5 Å². The first kappa shape index (κ1) is 21.4. The highest BCUT2D eigenvalue weighted by molar-refractivity contribution is 6.32. The van der Waals surface area contributed by atoms with Gasteiger partial charge in [-0.05, 0) is 47.9 Å². The Kier molecular flexibility index (Phi) is 5.98. The van der Waals surface area contributed by atoms with Gasteiger partial charge in [0.05, 0.1) is 28.4 Å². The molecular formula is C25H23ClN6O. The average molecular weight is 459 g/mol. The lowest BCUT2D eigenvalue weighted by Gasteiger charge is -2.12. The highest BCUT2D eigenvalue weighted by atomic mass is 35.5. The van der Waals surface area contributed by atoms with E-state index >= 15 is 0 Å². The third kappa shape index (κ3) is 4.99. The van der Waals surface area contributed by atoms with Crippen LogP contribution < -0.4 is 5.32 Å². The van der Waals surface area contributed by atoms with E-state index in [0.29, 0.717) is 52.8 Å². The molecule has 0 unspecified atom stereocenters. The van der Waals surface area contributed by atoms with Crippen molar-refractivity contribution < 1.29 is 4.74 Å². The van der Waals surface area contributed by atoms with Crippen LogP contribution in [-0.4, -0.2) is 38.8 Å². The van der Waals surface area contributed by atoms with Crippen molar-refractivity contribution in [3.8, 4) is 11.4 Å². The van der Waals surface area contributed by atoms with Crippen LogP contribution in [0.5, 0.6) is 0 Å². The largest absolute Gasteiger partial charge is 0.373 e. The lowest BCUT2D eigenvalue weighted by molar-refractivity contribution is 0.0925. The number of ether oxygens (including phenoxy) is 1. The van der Waals surface area contributed by atoms with Gasteiger partial charge in [-0.2, -0.15) is 0 Å². The van der Waals surface area contributed by atoms with E-state index in [9.17, 15) is 0 Å². The molecule has 166 valence electrons. The molecule has 0 fully saturated rings. The second-order valence-electron chi connectivity index (χ2n) is 8.26. The summed E-state index contributed by atoms with van der Waals surface area (Å²) in [5.41, 5.74) is 5.04. The van der Waals surface area contributed by atoms with Crippen LogP contribution in [0.2, 0.25) is 5.02 Å². The second kappa shape index (κ2) is 9.21. The molecular weight excluding hydrogens is 436 g/mol. The zero-order valence-corrected chi connectivity index (χ0v) is 19.2. The normalized spacial score (nSPS) is 12.8. The number of rotatable bonds is 8. The first-order valence-corrected chi connectivity index (χ1v) is 11.2. The average Bonchev–Trinajstić information content (AvgIpc) is 3.65. The summed E-state index contributed by atoms with van der Waals surface area (Å²) in [7, 11) is 0. The SMILES string of the molecule is CC(C)COCc1nc(Nc2ccc(C3=NC3)cc2)c2ccc(-c3ncccc3Cl)nc2n1. The Hall–Kier alpha value is -3.42. The summed E-state index contributed by atoms with van der Waals surface area (Å²) in [6, 6.07) is 15.6. The van der Waals surface area contributed by atoms with Crippen molar-refractivity contribution in [3.05, 3.63) is 71.1 Å². The van der Waals surface area contributed by atoms with Crippen LogP contribution in [0.25, 0.3) is 22.4 Å². The predicted molar refractivity (Wildman–Crippen MR) is 131 cm³/mol. The summed E-state index contributed by atoms with van der Waals surface area (Å²) >= 11 is 6.34. The Morgan fingerprint density at radius 3 is 2.58 bits per heavy atom. The Labute approximate surface area is 197 Å². The summed E-state index contributed by atoms with van der Waals surface area (Å²) < 4.78 is 5.79. The topological polar surface area (TPSA) is 85.2 Å². The van der Waals surface area contributed by atoms with E-state index in [0.717, 1.165) is 28.9 Å². The van der Waals surface area contributed by atoms with Crippen molar-refractivity contribution in [2.45, 2.75) is 20.5 Å². The van der Waals surface area contributed by atoms with Crippen molar-refractivity contribution in [2.75, 3.05) is 18.5 Å². The molecule has 0 saturated carbocycles. The molecule has 8 heteroatoms. The van der Waals surface area contributed by atoms with Gasteiger partial charge in [-0.1, -0.05) is 37.6 Å². The Bertz CT molecular complexity index is 1340. The highest BCUT2D eigenvalue weighted by Gasteiger charge is 2.15. The lowest BCUT2D eigenvalue weighted by Crippen LogP contribution is -2.07. The van der Waals surface area contributed by atoms with Crippen molar-refractivity contribution in [2.24, 2.45) is 10.9 Å². The smallest absolute Gasteiger partial charge is 0.165 e. The van der Waals surface area contributed by atoms with Gasteiger partial charge in [0, 0.05) is 18.5 Å². The monoisotopic (exact) mass is 458 g/mol. The fourth-order valence-corrected chi connectivity index (χ4v) is 3.63. The van der Waals surface area contributed by atoms with E-state index in [1.165, 1.54) is 0 Å². The molecule has 7 nitrogen and oxygen atoms in total. The molecule has 4 heterocycles. The molecule has 4 aromatic rings. The minimum Gasteiger partial charge on any atom is -0.373 e. The van der Waals surface area contributed by atoms with Crippen LogP contribution in [0.15, 0.2) is 59.7 Å². The first-order chi connectivity index (χ1) is 16.1. The van der Waals surface area contributed by atoms with Gasteiger partial charge >= 0.3 is 0 Å². The van der Waals surface area contributed by atoms with Gasteiger partial charge in [-0.15, -0.1) is 0 Å². The zero-order valence-electron chi connectivity index (χ0n) is 18.4. The number of benzene rings is 1. The quantitative estimate of drug-likeness (QED) is 0.377. The number of aliphatic imine (C=N–C) groups is 1. The molecule has 0 aliphatic carbocycles. The maximum atomic E-state index is 6.34. The molecule has 1 N–H and O–H groups in total. The number of halogens is 1. The van der Waals surface area contributed by atoms with Gasteiger partial charge in [0.1, 0.15) is 18.1 Å². The van der Waals surface area contributed by atoms with Crippen LogP contribution >= 0.6 is 11.6 Å². The number of nitrogens with one attached hydrogen (secondary N) is 1. The summed E-state index contributed by atoms with van der Waals surface area (Å²) in [4.78, 5) is 22.8. The fourth-order valence-electron chi connectivity index (χ4n) is 3.41. The van der Waals surface area contributed by atoms with Gasteiger partial charge in [0.25, 0.3) is 0 Å². The Morgan fingerprint density at radius 1 is 1.03 bits per heavy atom. The molecule has 1 aromatic carbocycles. The third-order valence-corrected chi connectivity index (χ3v) is 5.39. The molecule has 0 radical (unpaired) electrons. The standard InChI is InChI=1S/C25H23ClN6O/c1-15(2)13-33-14-22-31-24(29-17-7-5-16(6-8-17)21-12-28-21)18-9-10-20(30-25(18)32-22)23-19(26)4-3-11-27-23/h3-11,15H,12-14H2,1-2H3,(H,29,30,31,32). The van der Waals surface area contributed by atoms with E-state index in [1.54, 1.807) is 18.3 Å². The molecule has 0 bridgehead atoms. The zero-order chi connectivity index (χ0) is 22.8. The molecule has 1 aliphatic rings. The molecule has 3 aromatic heterocycles. The van der Waals surface area contributed by atoms with Gasteiger partial charge in [-0.25, -0.2) is 15.0 Å². The lowest BCUT2D eigenvalue weighted by atomic mass is 10.1. The molecule has 1 aliphatic heterocycles. The number of nitrogens with zero attached hydrogens (tertiary/aromatic N) is 5. The summed E-state index contributed by atoms with van der Waals surface area (Å²) in [6.45, 7) is 5.98.